The Morgan fingerprint density at radius 1 is 1.16 bits per heavy atom. The van der Waals surface area contributed by atoms with Gasteiger partial charge in [-0.2, -0.15) is 8.78 Å². The lowest BCUT2D eigenvalue weighted by atomic mass is 10.2. The van der Waals surface area contributed by atoms with E-state index in [4.69, 9.17) is 4.74 Å². The highest BCUT2D eigenvalue weighted by Gasteiger charge is 2.26. The summed E-state index contributed by atoms with van der Waals surface area (Å²) >= 11 is 0. The molecule has 0 aromatic heterocycles. The van der Waals surface area contributed by atoms with Crippen LogP contribution in [-0.2, 0) is 9.84 Å². The Morgan fingerprint density at radius 2 is 1.80 bits per heavy atom. The number of sulfone groups is 1. The van der Waals surface area contributed by atoms with Crippen molar-refractivity contribution in [2.24, 2.45) is 0 Å². The van der Waals surface area contributed by atoms with Gasteiger partial charge in [-0.25, -0.2) is 12.8 Å². The minimum absolute atomic E-state index is 0.0417. The number of alkyl halides is 2. The monoisotopic (exact) mass is 373 g/mol. The predicted molar refractivity (Wildman–Crippen MR) is 85.2 cm³/mol. The van der Waals surface area contributed by atoms with Crippen LogP contribution in [0.1, 0.15) is 17.3 Å². The van der Waals surface area contributed by atoms with Crippen molar-refractivity contribution in [3.05, 3.63) is 53.8 Å². The van der Waals surface area contributed by atoms with Gasteiger partial charge in [-0.05, 0) is 43.3 Å². The first kappa shape index (κ1) is 18.8. The van der Waals surface area contributed by atoms with Gasteiger partial charge in [0.25, 0.3) is 5.91 Å². The Labute approximate surface area is 142 Å². The van der Waals surface area contributed by atoms with Gasteiger partial charge in [0.15, 0.2) is 0 Å². The van der Waals surface area contributed by atoms with Gasteiger partial charge >= 0.3 is 5.76 Å². The number of anilines is 1. The molecule has 0 unspecified atom stereocenters. The summed E-state index contributed by atoms with van der Waals surface area (Å²) in [4.78, 5) is 11.6. The zero-order valence-corrected chi connectivity index (χ0v) is 13.8. The minimum atomic E-state index is -4.72. The van der Waals surface area contributed by atoms with E-state index in [9.17, 15) is 26.4 Å². The summed E-state index contributed by atoms with van der Waals surface area (Å²) in [6, 6.07) is 7.61. The van der Waals surface area contributed by atoms with Crippen molar-refractivity contribution in [1.82, 2.24) is 0 Å². The number of carbonyl (C=O) groups excluding carboxylic acids is 1. The standard InChI is InChI=1S/C16H14F3NO4S/c1-2-24-14-9-11(17)5-8-13(14)20-15(21)10-3-6-12(7-4-10)25(22,23)16(18)19/h3-9,16H,2H2,1H3,(H,20,21). The molecule has 1 amide bonds. The van der Waals surface area contributed by atoms with E-state index in [-0.39, 0.29) is 23.6 Å². The molecule has 134 valence electrons. The average molecular weight is 373 g/mol. The second-order valence-electron chi connectivity index (χ2n) is 4.86. The van der Waals surface area contributed by atoms with E-state index >= 15 is 0 Å². The molecule has 0 aliphatic rings. The van der Waals surface area contributed by atoms with Crippen molar-refractivity contribution in [1.29, 1.82) is 0 Å². The van der Waals surface area contributed by atoms with E-state index in [1.165, 1.54) is 6.07 Å². The maximum atomic E-state index is 13.2. The quantitative estimate of drug-likeness (QED) is 0.842. The van der Waals surface area contributed by atoms with Crippen LogP contribution < -0.4 is 10.1 Å². The fraction of sp³-hybridized carbons (Fsp3) is 0.188. The zero-order valence-electron chi connectivity index (χ0n) is 13.0. The molecule has 0 saturated carbocycles. The van der Waals surface area contributed by atoms with Crippen molar-refractivity contribution in [2.45, 2.75) is 17.6 Å². The van der Waals surface area contributed by atoms with Crippen LogP contribution in [0.2, 0.25) is 0 Å². The highest BCUT2D eigenvalue weighted by molar-refractivity contribution is 7.91. The molecule has 2 rings (SSSR count). The van der Waals surface area contributed by atoms with Gasteiger partial charge in [0.2, 0.25) is 9.84 Å². The highest BCUT2D eigenvalue weighted by Crippen LogP contribution is 2.26. The molecular formula is C16H14F3NO4S. The molecule has 9 heteroatoms. The number of rotatable bonds is 6. The fourth-order valence-electron chi connectivity index (χ4n) is 1.97. The van der Waals surface area contributed by atoms with Crippen molar-refractivity contribution >= 4 is 21.4 Å². The highest BCUT2D eigenvalue weighted by atomic mass is 32.2. The third-order valence-corrected chi connectivity index (χ3v) is 4.57. The summed E-state index contributed by atoms with van der Waals surface area (Å²) in [5.74, 6) is -4.58. The summed E-state index contributed by atoms with van der Waals surface area (Å²) in [5, 5.41) is 2.49. The molecule has 0 bridgehead atoms. The smallest absolute Gasteiger partial charge is 0.341 e. The van der Waals surface area contributed by atoms with Crippen LogP contribution in [0.4, 0.5) is 18.9 Å². The Hall–Kier alpha value is -2.55. The summed E-state index contributed by atoms with van der Waals surface area (Å²) < 4.78 is 66.1. The lowest BCUT2D eigenvalue weighted by molar-refractivity contribution is 0.102. The summed E-state index contributed by atoms with van der Waals surface area (Å²) in [5.41, 5.74) is 0.262. The SMILES string of the molecule is CCOc1cc(F)ccc1NC(=O)c1ccc(S(=O)(=O)C(F)F)cc1. The van der Waals surface area contributed by atoms with Gasteiger partial charge in [0.05, 0.1) is 17.2 Å². The number of hydrogen-bond acceptors (Lipinski definition) is 4. The zero-order chi connectivity index (χ0) is 18.6. The van der Waals surface area contributed by atoms with Crippen LogP contribution in [0.15, 0.2) is 47.4 Å². The average Bonchev–Trinajstić information content (AvgIpc) is 2.57. The van der Waals surface area contributed by atoms with Crippen LogP contribution in [0.25, 0.3) is 0 Å². The van der Waals surface area contributed by atoms with Gasteiger partial charge in [0.1, 0.15) is 11.6 Å². The predicted octanol–water partition coefficient (Wildman–Crippen LogP) is 3.47. The van der Waals surface area contributed by atoms with E-state index in [1.54, 1.807) is 6.92 Å². The minimum Gasteiger partial charge on any atom is -0.492 e. The van der Waals surface area contributed by atoms with Crippen molar-refractivity contribution in [3.8, 4) is 5.75 Å². The molecule has 2 aromatic carbocycles. The summed E-state index contributed by atoms with van der Waals surface area (Å²) in [7, 11) is -4.72. The summed E-state index contributed by atoms with van der Waals surface area (Å²) in [6.07, 6.45) is 0. The molecular weight excluding hydrogens is 359 g/mol. The Balaban J connectivity index is 2.22. The van der Waals surface area contributed by atoms with Gasteiger partial charge in [-0.15, -0.1) is 0 Å². The van der Waals surface area contributed by atoms with E-state index in [1.807, 2.05) is 0 Å². The lowest BCUT2D eigenvalue weighted by Crippen LogP contribution is -2.14. The third kappa shape index (κ3) is 4.30. The molecule has 0 heterocycles. The van der Waals surface area contributed by atoms with Crippen LogP contribution in [-0.4, -0.2) is 26.7 Å². The van der Waals surface area contributed by atoms with Gasteiger partial charge in [-0.1, -0.05) is 0 Å². The Bertz CT molecular complexity index is 867. The van der Waals surface area contributed by atoms with Crippen molar-refractivity contribution < 1.29 is 31.1 Å². The van der Waals surface area contributed by atoms with Crippen LogP contribution in [0.3, 0.4) is 0 Å². The lowest BCUT2D eigenvalue weighted by Gasteiger charge is -2.12. The second-order valence-corrected chi connectivity index (χ2v) is 6.78. The maximum Gasteiger partial charge on any atom is 0.341 e. The number of benzene rings is 2. The number of nitrogens with one attached hydrogen (secondary N) is 1. The van der Waals surface area contributed by atoms with Gasteiger partial charge in [0, 0.05) is 11.6 Å². The molecule has 0 atom stereocenters. The molecule has 0 spiro atoms. The Kier molecular flexibility index (Phi) is 5.68. The molecule has 2 aromatic rings. The van der Waals surface area contributed by atoms with Crippen LogP contribution >= 0.6 is 0 Å². The number of amides is 1. The largest absolute Gasteiger partial charge is 0.492 e. The molecule has 0 aliphatic carbocycles. The maximum absolute atomic E-state index is 13.2. The fourth-order valence-corrected chi connectivity index (χ4v) is 2.69. The van der Waals surface area contributed by atoms with E-state index < -0.39 is 32.2 Å². The molecule has 5 nitrogen and oxygen atoms in total. The third-order valence-electron chi connectivity index (χ3n) is 3.17. The molecule has 1 N–H and O–H groups in total. The number of carbonyl (C=O) groups is 1. The van der Waals surface area contributed by atoms with Crippen LogP contribution in [0, 0.1) is 5.82 Å². The number of ether oxygens (including phenoxy) is 1. The summed E-state index contributed by atoms with van der Waals surface area (Å²) in [6.45, 7) is 1.95. The van der Waals surface area contributed by atoms with E-state index in [0.717, 1.165) is 36.4 Å². The molecule has 0 fully saturated rings. The van der Waals surface area contributed by atoms with Crippen molar-refractivity contribution in [2.75, 3.05) is 11.9 Å². The number of halogens is 3. The molecule has 25 heavy (non-hydrogen) atoms. The first-order valence-electron chi connectivity index (χ1n) is 7.11. The van der Waals surface area contributed by atoms with Gasteiger partial charge in [-0.3, -0.25) is 4.79 Å². The second kappa shape index (κ2) is 7.56. The first-order chi connectivity index (χ1) is 11.8. The normalized spacial score (nSPS) is 11.4. The van der Waals surface area contributed by atoms with Gasteiger partial charge < -0.3 is 10.1 Å². The topological polar surface area (TPSA) is 72.5 Å². The molecule has 0 aliphatic heterocycles. The molecule has 0 radical (unpaired) electrons. The van der Waals surface area contributed by atoms with Crippen LogP contribution in [0.5, 0.6) is 5.75 Å². The van der Waals surface area contributed by atoms with E-state index in [2.05, 4.69) is 5.32 Å². The van der Waals surface area contributed by atoms with Crippen molar-refractivity contribution in [3.63, 3.8) is 0 Å². The Morgan fingerprint density at radius 3 is 2.36 bits per heavy atom. The first-order valence-corrected chi connectivity index (χ1v) is 8.66. The number of hydrogen-bond donors (Lipinski definition) is 1. The molecule has 0 saturated heterocycles. The van der Waals surface area contributed by atoms with E-state index in [0.29, 0.717) is 0 Å².